The smallest absolute Gasteiger partial charge is 0.120 e. The molecule has 1 aromatic heterocycles. The first-order valence-corrected chi connectivity index (χ1v) is 9.40. The van der Waals surface area contributed by atoms with Gasteiger partial charge in [-0.1, -0.05) is 11.6 Å². The van der Waals surface area contributed by atoms with Crippen LogP contribution in [-0.4, -0.2) is 52.4 Å². The normalized spacial score (nSPS) is 25.8. The predicted molar refractivity (Wildman–Crippen MR) is 116 cm³/mol. The predicted octanol–water partition coefficient (Wildman–Crippen LogP) is 3.52. The van der Waals surface area contributed by atoms with Crippen LogP contribution in [0.4, 0.5) is 0 Å². The molecule has 2 bridgehead atoms. The van der Waals surface area contributed by atoms with Crippen molar-refractivity contribution in [1.82, 2.24) is 9.88 Å². The number of hydrogen-bond donors (Lipinski definition) is 2. The molecule has 1 aromatic carbocycles. The van der Waals surface area contributed by atoms with E-state index in [0.717, 1.165) is 36.0 Å². The molecule has 0 saturated carbocycles. The average molecular weight is 427 g/mol. The summed E-state index contributed by atoms with van der Waals surface area (Å²) in [4.78, 5) is 6.84. The molecule has 3 aliphatic rings. The highest BCUT2D eigenvalue weighted by Gasteiger charge is 2.40. The third kappa shape index (κ3) is 4.29. The zero-order valence-corrected chi connectivity index (χ0v) is 17.6. The zero-order chi connectivity index (χ0) is 18.1. The minimum Gasteiger partial charge on any atom is -0.491 e. The van der Waals surface area contributed by atoms with Gasteiger partial charge in [-0.25, -0.2) is 0 Å². The van der Waals surface area contributed by atoms with Crippen LogP contribution in [0.3, 0.4) is 0 Å². The number of pyridine rings is 1. The van der Waals surface area contributed by atoms with E-state index in [2.05, 4.69) is 22.9 Å². The molecule has 2 aromatic rings. The average Bonchev–Trinajstić information content (AvgIpc) is 2.71. The van der Waals surface area contributed by atoms with Crippen LogP contribution in [0.25, 0.3) is 10.9 Å². The van der Waals surface area contributed by atoms with Crippen LogP contribution in [0.15, 0.2) is 42.1 Å². The number of halogens is 2. The molecule has 4 unspecified atom stereocenters. The molecule has 4 heterocycles. The summed E-state index contributed by atoms with van der Waals surface area (Å²) >= 11 is 0. The maximum absolute atomic E-state index is 11.2. The van der Waals surface area contributed by atoms with Crippen molar-refractivity contribution in [2.75, 3.05) is 26.3 Å². The summed E-state index contributed by atoms with van der Waals surface area (Å²) in [5.41, 5.74) is 3.27. The fraction of sp³-hybridized carbons (Fsp3) is 0.476. The molecule has 2 N–H and O–H groups in total. The van der Waals surface area contributed by atoms with E-state index in [-0.39, 0.29) is 44.1 Å². The van der Waals surface area contributed by atoms with Crippen molar-refractivity contribution >= 4 is 35.7 Å². The molecule has 3 aliphatic heterocycles. The lowest BCUT2D eigenvalue weighted by molar-refractivity contribution is -0.00340. The van der Waals surface area contributed by atoms with Gasteiger partial charge >= 0.3 is 0 Å². The molecule has 0 spiro atoms. The summed E-state index contributed by atoms with van der Waals surface area (Å²) in [7, 11) is 0. The van der Waals surface area contributed by atoms with Crippen molar-refractivity contribution < 1.29 is 14.9 Å². The highest BCUT2D eigenvalue weighted by atomic mass is 35.5. The number of nitrogens with zero attached hydrogens (tertiary/aromatic N) is 2. The largest absolute Gasteiger partial charge is 0.491 e. The molecular formula is C21H28Cl2N2O3. The molecule has 4 atom stereocenters. The molecule has 7 heteroatoms. The molecule has 3 fully saturated rings. The van der Waals surface area contributed by atoms with Gasteiger partial charge in [0.2, 0.25) is 0 Å². The Morgan fingerprint density at radius 3 is 2.82 bits per heavy atom. The number of allylic oxidation sites excluding steroid dienone is 1. The minimum atomic E-state index is -0.546. The number of fused-ring (bicyclic) bond motifs is 4. The molecular weight excluding hydrogens is 399 g/mol. The lowest BCUT2D eigenvalue weighted by Gasteiger charge is -2.48. The van der Waals surface area contributed by atoms with Gasteiger partial charge < -0.3 is 14.9 Å². The number of hydrogen-bond acceptors (Lipinski definition) is 5. The van der Waals surface area contributed by atoms with Crippen molar-refractivity contribution in [2.24, 2.45) is 5.92 Å². The molecule has 3 saturated heterocycles. The molecule has 5 nitrogen and oxygen atoms in total. The second kappa shape index (κ2) is 9.90. The van der Waals surface area contributed by atoms with Gasteiger partial charge in [0.1, 0.15) is 12.4 Å². The summed E-state index contributed by atoms with van der Waals surface area (Å²) in [5, 5.41) is 21.1. The summed E-state index contributed by atoms with van der Waals surface area (Å²) < 4.78 is 5.54. The Hall–Kier alpha value is -1.37. The van der Waals surface area contributed by atoms with Gasteiger partial charge in [0.15, 0.2) is 0 Å². The summed E-state index contributed by atoms with van der Waals surface area (Å²) in [6, 6.07) is 7.74. The summed E-state index contributed by atoms with van der Waals surface area (Å²) in [6.45, 7) is 4.38. The molecule has 0 aliphatic carbocycles. The second-order valence-electron chi connectivity index (χ2n) is 7.22. The standard InChI is InChI=1S/C21H26N2O3.2ClH/c1-2-14-13-23-8-6-15(14)11-20(23)21(25)17-5-7-22-19-4-3-16(12-18(17)19)26-10-9-24;;/h2-5,7,12,15,20-21,24-25H,6,8-11,13H2,1H3;2*1H/b14-2+;;. The van der Waals surface area contributed by atoms with Crippen molar-refractivity contribution in [1.29, 1.82) is 0 Å². The van der Waals surface area contributed by atoms with Gasteiger partial charge in [-0.15, -0.1) is 24.8 Å². The number of aromatic nitrogens is 1. The Morgan fingerprint density at radius 1 is 1.32 bits per heavy atom. The van der Waals surface area contributed by atoms with Crippen LogP contribution in [0, 0.1) is 5.92 Å². The van der Waals surface area contributed by atoms with Crippen LogP contribution in [0.2, 0.25) is 0 Å². The first-order chi connectivity index (χ1) is 12.7. The molecule has 154 valence electrons. The zero-order valence-electron chi connectivity index (χ0n) is 16.0. The number of aliphatic hydroxyl groups is 2. The molecule has 0 amide bonds. The third-order valence-corrected chi connectivity index (χ3v) is 5.83. The van der Waals surface area contributed by atoms with E-state index in [1.807, 2.05) is 24.3 Å². The van der Waals surface area contributed by atoms with Gasteiger partial charge in [-0.3, -0.25) is 9.88 Å². The lowest BCUT2D eigenvalue weighted by Crippen LogP contribution is -2.52. The maximum Gasteiger partial charge on any atom is 0.120 e. The van der Waals surface area contributed by atoms with Crippen LogP contribution in [0.1, 0.15) is 31.4 Å². The van der Waals surface area contributed by atoms with Gasteiger partial charge in [-0.2, -0.15) is 0 Å². The van der Waals surface area contributed by atoms with Crippen LogP contribution in [-0.2, 0) is 0 Å². The number of benzene rings is 1. The first kappa shape index (κ1) is 22.9. The van der Waals surface area contributed by atoms with Gasteiger partial charge in [0.05, 0.1) is 18.2 Å². The van der Waals surface area contributed by atoms with E-state index in [1.165, 1.54) is 12.0 Å². The van der Waals surface area contributed by atoms with Crippen LogP contribution < -0.4 is 4.74 Å². The van der Waals surface area contributed by atoms with Gasteiger partial charge in [0, 0.05) is 24.2 Å². The topological polar surface area (TPSA) is 65.8 Å². The minimum absolute atomic E-state index is 0. The Bertz CT molecular complexity index is 830. The SMILES string of the molecule is C/C=C1\CN2CCC1CC2C(O)c1ccnc2ccc(OCCO)cc12.Cl.Cl. The number of aliphatic hydroxyl groups excluding tert-OH is 2. The Kier molecular flexibility index (Phi) is 8.10. The summed E-state index contributed by atoms with van der Waals surface area (Å²) in [6.07, 6.45) is 5.66. The molecule has 5 rings (SSSR count). The Morgan fingerprint density at radius 2 is 2.14 bits per heavy atom. The Balaban J connectivity index is 0.00000140. The van der Waals surface area contributed by atoms with E-state index in [4.69, 9.17) is 9.84 Å². The number of piperidine rings is 3. The van der Waals surface area contributed by atoms with E-state index in [1.54, 1.807) is 6.20 Å². The Labute approximate surface area is 178 Å². The van der Waals surface area contributed by atoms with Crippen LogP contribution >= 0.6 is 24.8 Å². The van der Waals surface area contributed by atoms with E-state index < -0.39 is 6.10 Å². The maximum atomic E-state index is 11.2. The highest BCUT2D eigenvalue weighted by molar-refractivity contribution is 5.85. The monoisotopic (exact) mass is 426 g/mol. The lowest BCUT2D eigenvalue weighted by atomic mass is 9.76. The number of ether oxygens (including phenoxy) is 1. The van der Waals surface area contributed by atoms with E-state index in [9.17, 15) is 5.11 Å². The van der Waals surface area contributed by atoms with E-state index >= 15 is 0 Å². The summed E-state index contributed by atoms with van der Waals surface area (Å²) in [5.74, 6) is 1.29. The number of rotatable bonds is 5. The fourth-order valence-electron chi connectivity index (χ4n) is 4.46. The highest BCUT2D eigenvalue weighted by Crippen LogP contribution is 2.41. The quantitative estimate of drug-likeness (QED) is 0.715. The van der Waals surface area contributed by atoms with Crippen LogP contribution in [0.5, 0.6) is 5.75 Å². The van der Waals surface area contributed by atoms with Gasteiger partial charge in [0.25, 0.3) is 0 Å². The molecule has 0 radical (unpaired) electrons. The van der Waals surface area contributed by atoms with Crippen molar-refractivity contribution in [3.63, 3.8) is 0 Å². The van der Waals surface area contributed by atoms with Crippen molar-refractivity contribution in [2.45, 2.75) is 31.9 Å². The van der Waals surface area contributed by atoms with Crippen molar-refractivity contribution in [3.8, 4) is 5.75 Å². The molecule has 28 heavy (non-hydrogen) atoms. The second-order valence-corrected chi connectivity index (χ2v) is 7.22. The third-order valence-electron chi connectivity index (χ3n) is 5.83. The first-order valence-electron chi connectivity index (χ1n) is 9.40. The fourth-order valence-corrected chi connectivity index (χ4v) is 4.46. The van der Waals surface area contributed by atoms with E-state index in [0.29, 0.717) is 11.7 Å². The van der Waals surface area contributed by atoms with Crippen molar-refractivity contribution in [3.05, 3.63) is 47.7 Å². The van der Waals surface area contributed by atoms with Gasteiger partial charge in [-0.05, 0) is 62.1 Å².